The van der Waals surface area contributed by atoms with Crippen molar-refractivity contribution < 1.29 is 9.59 Å². The van der Waals surface area contributed by atoms with Crippen molar-refractivity contribution in [2.24, 2.45) is 5.92 Å². The Kier molecular flexibility index (Phi) is 4.97. The zero-order valence-corrected chi connectivity index (χ0v) is 15.8. The highest BCUT2D eigenvalue weighted by atomic mass is 16.2. The number of nitrogens with zero attached hydrogens (tertiary/aromatic N) is 4. The number of hydrogen-bond acceptors (Lipinski definition) is 3. The van der Waals surface area contributed by atoms with Gasteiger partial charge in [0.1, 0.15) is 0 Å². The molecular weight excluding hydrogens is 340 g/mol. The summed E-state index contributed by atoms with van der Waals surface area (Å²) in [5, 5.41) is 4.30. The molecular formula is C21H26N4O2. The molecule has 1 saturated carbocycles. The highest BCUT2D eigenvalue weighted by Gasteiger charge is 2.39. The number of carbonyl (C=O) groups is 2. The highest BCUT2D eigenvalue weighted by molar-refractivity contribution is 5.89. The largest absolute Gasteiger partial charge is 0.341 e. The van der Waals surface area contributed by atoms with E-state index in [0.717, 1.165) is 24.1 Å². The number of rotatable bonds is 5. The van der Waals surface area contributed by atoms with Crippen molar-refractivity contribution in [3.05, 3.63) is 48.3 Å². The molecule has 1 saturated heterocycles. The topological polar surface area (TPSA) is 58.4 Å². The minimum atomic E-state index is -0.222. The van der Waals surface area contributed by atoms with Gasteiger partial charge in [-0.1, -0.05) is 31.0 Å². The van der Waals surface area contributed by atoms with Gasteiger partial charge in [-0.05, 0) is 30.5 Å². The molecule has 2 aromatic rings. The van der Waals surface area contributed by atoms with Crippen LogP contribution in [-0.4, -0.2) is 51.0 Å². The third-order valence-corrected chi connectivity index (χ3v) is 5.80. The van der Waals surface area contributed by atoms with Gasteiger partial charge in [-0.3, -0.25) is 9.59 Å². The van der Waals surface area contributed by atoms with Crippen LogP contribution < -0.4 is 0 Å². The molecule has 1 aromatic heterocycles. The van der Waals surface area contributed by atoms with Crippen molar-refractivity contribution in [2.45, 2.75) is 44.7 Å². The summed E-state index contributed by atoms with van der Waals surface area (Å²) in [6.07, 6.45) is 8.54. The van der Waals surface area contributed by atoms with Gasteiger partial charge >= 0.3 is 0 Å². The van der Waals surface area contributed by atoms with E-state index in [1.807, 2.05) is 53.2 Å². The summed E-state index contributed by atoms with van der Waals surface area (Å²) in [4.78, 5) is 29.1. The predicted octanol–water partition coefficient (Wildman–Crippen LogP) is 2.62. The number of amides is 2. The van der Waals surface area contributed by atoms with Crippen LogP contribution in [0.1, 0.15) is 37.7 Å². The summed E-state index contributed by atoms with van der Waals surface area (Å²) in [5.41, 5.74) is 2.01. The molecule has 2 heterocycles. The van der Waals surface area contributed by atoms with Crippen molar-refractivity contribution in [2.75, 3.05) is 13.6 Å². The highest BCUT2D eigenvalue weighted by Crippen LogP contribution is 2.30. The number of hydrogen-bond donors (Lipinski definition) is 0. The first-order chi connectivity index (χ1) is 13.1. The molecule has 4 rings (SSSR count). The molecule has 2 aliphatic rings. The monoisotopic (exact) mass is 366 g/mol. The molecule has 1 aliphatic heterocycles. The third-order valence-electron chi connectivity index (χ3n) is 5.80. The maximum atomic E-state index is 13.0. The minimum Gasteiger partial charge on any atom is -0.341 e. The van der Waals surface area contributed by atoms with E-state index >= 15 is 0 Å². The van der Waals surface area contributed by atoms with Gasteiger partial charge in [0, 0.05) is 45.0 Å². The SMILES string of the molecule is CN(Cc1ccccc1-n1cccn1)C(=O)[C@@H]1CC(=O)N(C2CCCC2)C1. The summed E-state index contributed by atoms with van der Waals surface area (Å²) >= 11 is 0. The summed E-state index contributed by atoms with van der Waals surface area (Å²) in [5.74, 6) is -0.0235. The Bertz CT molecular complexity index is 811. The molecule has 1 atom stereocenters. The van der Waals surface area contributed by atoms with E-state index in [0.29, 0.717) is 25.6 Å². The average molecular weight is 366 g/mol. The van der Waals surface area contributed by atoms with Gasteiger partial charge in [0.15, 0.2) is 0 Å². The maximum Gasteiger partial charge on any atom is 0.228 e. The quantitative estimate of drug-likeness (QED) is 0.817. The van der Waals surface area contributed by atoms with E-state index in [-0.39, 0.29) is 17.7 Å². The van der Waals surface area contributed by atoms with Gasteiger partial charge in [-0.2, -0.15) is 5.10 Å². The van der Waals surface area contributed by atoms with Crippen LogP contribution in [0.4, 0.5) is 0 Å². The molecule has 0 unspecified atom stereocenters. The summed E-state index contributed by atoms with van der Waals surface area (Å²) in [7, 11) is 1.82. The normalized spacial score (nSPS) is 20.4. The number of carbonyl (C=O) groups excluding carboxylic acids is 2. The number of para-hydroxylation sites is 1. The van der Waals surface area contributed by atoms with Crippen molar-refractivity contribution in [1.29, 1.82) is 0 Å². The van der Waals surface area contributed by atoms with Gasteiger partial charge in [-0.15, -0.1) is 0 Å². The van der Waals surface area contributed by atoms with Crippen LogP contribution in [0.25, 0.3) is 5.69 Å². The van der Waals surface area contributed by atoms with Gasteiger partial charge < -0.3 is 9.80 Å². The van der Waals surface area contributed by atoms with Crippen LogP contribution in [0.3, 0.4) is 0 Å². The van der Waals surface area contributed by atoms with Crippen LogP contribution in [0, 0.1) is 5.92 Å². The summed E-state index contributed by atoms with van der Waals surface area (Å²) in [6, 6.07) is 10.2. The lowest BCUT2D eigenvalue weighted by Gasteiger charge is -2.25. The fourth-order valence-electron chi connectivity index (χ4n) is 4.39. The van der Waals surface area contributed by atoms with Crippen LogP contribution in [-0.2, 0) is 16.1 Å². The maximum absolute atomic E-state index is 13.0. The zero-order chi connectivity index (χ0) is 18.8. The van der Waals surface area contributed by atoms with Gasteiger partial charge in [-0.25, -0.2) is 4.68 Å². The standard InChI is InChI=1S/C21H26N4O2/c1-23(14-16-7-2-5-10-19(16)25-12-6-11-22-25)21(27)17-13-20(26)24(15-17)18-8-3-4-9-18/h2,5-7,10-12,17-18H,3-4,8-9,13-15H2,1H3/t17-/m1/s1. The lowest BCUT2D eigenvalue weighted by Crippen LogP contribution is -2.37. The van der Waals surface area contributed by atoms with Crippen molar-refractivity contribution >= 4 is 11.8 Å². The van der Waals surface area contributed by atoms with Crippen LogP contribution in [0.2, 0.25) is 0 Å². The second-order valence-electron chi connectivity index (χ2n) is 7.66. The lowest BCUT2D eigenvalue weighted by molar-refractivity contribution is -0.135. The first-order valence-electron chi connectivity index (χ1n) is 9.76. The first-order valence-corrected chi connectivity index (χ1v) is 9.76. The molecule has 1 aliphatic carbocycles. The Balaban J connectivity index is 1.44. The van der Waals surface area contributed by atoms with Crippen LogP contribution >= 0.6 is 0 Å². The van der Waals surface area contributed by atoms with Gasteiger partial charge in [0.2, 0.25) is 11.8 Å². The second kappa shape index (κ2) is 7.55. The Morgan fingerprint density at radius 1 is 1.22 bits per heavy atom. The van der Waals surface area contributed by atoms with E-state index in [1.54, 1.807) is 11.1 Å². The second-order valence-corrected chi connectivity index (χ2v) is 7.66. The average Bonchev–Trinajstić information content (AvgIpc) is 3.43. The molecule has 0 bridgehead atoms. The Hall–Kier alpha value is -2.63. The van der Waals surface area contributed by atoms with Crippen LogP contribution in [0.5, 0.6) is 0 Å². The minimum absolute atomic E-state index is 0.0547. The zero-order valence-electron chi connectivity index (χ0n) is 15.8. The molecule has 6 nitrogen and oxygen atoms in total. The molecule has 0 spiro atoms. The third kappa shape index (κ3) is 3.61. The molecule has 27 heavy (non-hydrogen) atoms. The Morgan fingerprint density at radius 2 is 2.00 bits per heavy atom. The van der Waals surface area contributed by atoms with E-state index in [2.05, 4.69) is 5.10 Å². The van der Waals surface area contributed by atoms with Crippen molar-refractivity contribution in [1.82, 2.24) is 19.6 Å². The number of likely N-dealkylation sites (tertiary alicyclic amines) is 1. The Labute approximate surface area is 159 Å². The molecule has 2 amide bonds. The van der Waals surface area contributed by atoms with E-state index < -0.39 is 0 Å². The molecule has 0 N–H and O–H groups in total. The van der Waals surface area contributed by atoms with Gasteiger partial charge in [0.25, 0.3) is 0 Å². The predicted molar refractivity (Wildman–Crippen MR) is 102 cm³/mol. The smallest absolute Gasteiger partial charge is 0.228 e. The van der Waals surface area contributed by atoms with Gasteiger partial charge in [0.05, 0.1) is 11.6 Å². The number of aromatic nitrogens is 2. The van der Waals surface area contributed by atoms with Crippen LogP contribution in [0.15, 0.2) is 42.7 Å². The molecule has 2 fully saturated rings. The Morgan fingerprint density at radius 3 is 2.74 bits per heavy atom. The lowest BCUT2D eigenvalue weighted by atomic mass is 10.1. The number of benzene rings is 1. The van der Waals surface area contributed by atoms with Crippen molar-refractivity contribution in [3.8, 4) is 5.69 Å². The first kappa shape index (κ1) is 17.8. The fourth-order valence-corrected chi connectivity index (χ4v) is 4.39. The van der Waals surface area contributed by atoms with E-state index in [4.69, 9.17) is 0 Å². The molecule has 142 valence electrons. The van der Waals surface area contributed by atoms with E-state index in [1.165, 1.54) is 12.8 Å². The van der Waals surface area contributed by atoms with Crippen molar-refractivity contribution in [3.63, 3.8) is 0 Å². The summed E-state index contributed by atoms with van der Waals surface area (Å²) in [6.45, 7) is 1.08. The summed E-state index contributed by atoms with van der Waals surface area (Å²) < 4.78 is 1.81. The van der Waals surface area contributed by atoms with E-state index in [9.17, 15) is 9.59 Å². The molecule has 6 heteroatoms. The molecule has 0 radical (unpaired) electrons. The fraction of sp³-hybridized carbons (Fsp3) is 0.476. The molecule has 1 aromatic carbocycles.